The van der Waals surface area contributed by atoms with Crippen LogP contribution in [0.4, 0.5) is 14.6 Å². The van der Waals surface area contributed by atoms with E-state index in [-0.39, 0.29) is 12.1 Å². The van der Waals surface area contributed by atoms with Crippen molar-refractivity contribution in [2.45, 2.75) is 25.0 Å². The van der Waals surface area contributed by atoms with Gasteiger partial charge >= 0.3 is 0 Å². The van der Waals surface area contributed by atoms with Crippen molar-refractivity contribution in [1.82, 2.24) is 19.7 Å². The van der Waals surface area contributed by atoms with Crippen molar-refractivity contribution in [3.05, 3.63) is 71.9 Å². The Labute approximate surface area is 143 Å². The summed E-state index contributed by atoms with van der Waals surface area (Å²) in [5.74, 6) is -1.79. The van der Waals surface area contributed by atoms with Crippen LogP contribution in [0.3, 0.4) is 0 Å². The van der Waals surface area contributed by atoms with Crippen LogP contribution in [0.5, 0.6) is 0 Å². The van der Waals surface area contributed by atoms with E-state index in [1.165, 1.54) is 29.6 Å². The molecule has 0 aliphatic carbocycles. The molecule has 0 saturated heterocycles. The van der Waals surface area contributed by atoms with Gasteiger partial charge in [0.05, 0.1) is 6.54 Å². The topological polar surface area (TPSA) is 89.8 Å². The van der Waals surface area contributed by atoms with E-state index in [4.69, 9.17) is 5.73 Å². The highest BCUT2D eigenvalue weighted by atomic mass is 19.1. The van der Waals surface area contributed by atoms with Crippen molar-refractivity contribution in [3.63, 3.8) is 0 Å². The summed E-state index contributed by atoms with van der Waals surface area (Å²) >= 11 is 0. The van der Waals surface area contributed by atoms with E-state index >= 15 is 0 Å². The van der Waals surface area contributed by atoms with Gasteiger partial charge in [0.25, 0.3) is 0 Å². The fourth-order valence-electron chi connectivity index (χ4n) is 2.81. The maximum absolute atomic E-state index is 14.4. The molecular weight excluding hydrogens is 328 g/mol. The number of nitrogen functional groups attached to an aromatic ring is 1. The second kappa shape index (κ2) is 6.56. The third-order valence-electron chi connectivity index (χ3n) is 4.29. The van der Waals surface area contributed by atoms with E-state index in [2.05, 4.69) is 15.1 Å². The number of aromatic nitrogens is 4. The van der Waals surface area contributed by atoms with Crippen molar-refractivity contribution in [3.8, 4) is 0 Å². The number of benzene rings is 1. The number of rotatable bonds is 5. The molecule has 0 aliphatic rings. The van der Waals surface area contributed by atoms with Crippen LogP contribution in [0.25, 0.3) is 0 Å². The SMILES string of the molecule is CC(c1ccc(N)nc1)C(O)(Cn1cncn1)c1ccc(F)cc1F. The van der Waals surface area contributed by atoms with Gasteiger partial charge in [0, 0.05) is 23.7 Å². The van der Waals surface area contributed by atoms with Crippen LogP contribution in [0.2, 0.25) is 0 Å². The van der Waals surface area contributed by atoms with Crippen molar-refractivity contribution in [2.75, 3.05) is 5.73 Å². The van der Waals surface area contributed by atoms with Crippen LogP contribution >= 0.6 is 0 Å². The minimum atomic E-state index is -1.71. The van der Waals surface area contributed by atoms with Gasteiger partial charge in [0.2, 0.25) is 0 Å². The number of hydrogen-bond acceptors (Lipinski definition) is 5. The molecule has 3 N–H and O–H groups in total. The first-order chi connectivity index (χ1) is 11.9. The van der Waals surface area contributed by atoms with Gasteiger partial charge in [-0.25, -0.2) is 23.4 Å². The maximum atomic E-state index is 14.4. The second-order valence-corrected chi connectivity index (χ2v) is 5.88. The quantitative estimate of drug-likeness (QED) is 0.740. The Morgan fingerprint density at radius 2 is 2.08 bits per heavy atom. The number of nitrogens with two attached hydrogens (primary N) is 1. The summed E-state index contributed by atoms with van der Waals surface area (Å²) in [6, 6.07) is 6.40. The molecule has 1 aromatic carbocycles. The summed E-state index contributed by atoms with van der Waals surface area (Å²) in [5.41, 5.74) is 4.51. The molecule has 3 rings (SSSR count). The van der Waals surface area contributed by atoms with Gasteiger partial charge in [0.15, 0.2) is 0 Å². The highest BCUT2D eigenvalue weighted by molar-refractivity contribution is 5.35. The predicted molar refractivity (Wildman–Crippen MR) is 87.3 cm³/mol. The van der Waals surface area contributed by atoms with E-state index in [1.54, 1.807) is 19.1 Å². The van der Waals surface area contributed by atoms with Gasteiger partial charge in [-0.3, -0.25) is 0 Å². The van der Waals surface area contributed by atoms with Crippen molar-refractivity contribution in [2.24, 2.45) is 0 Å². The normalized spacial score (nSPS) is 14.9. The van der Waals surface area contributed by atoms with E-state index < -0.39 is 23.2 Å². The summed E-state index contributed by atoms with van der Waals surface area (Å²) < 4.78 is 29.1. The summed E-state index contributed by atoms with van der Waals surface area (Å²) in [6.07, 6.45) is 4.25. The standard InChI is InChI=1S/C17H17F2N5O/c1-11(12-2-5-16(20)22-7-12)17(25,8-24-10-21-9-23-24)14-4-3-13(18)6-15(14)19/h2-7,9-11,25H,8H2,1H3,(H2,20,22). The lowest BCUT2D eigenvalue weighted by atomic mass is 9.78. The summed E-state index contributed by atoms with van der Waals surface area (Å²) in [6.45, 7) is 1.66. The number of aliphatic hydroxyl groups is 1. The predicted octanol–water partition coefficient (Wildman–Crippen LogP) is 2.23. The first-order valence-corrected chi connectivity index (χ1v) is 7.62. The molecule has 2 atom stereocenters. The molecule has 0 amide bonds. The van der Waals surface area contributed by atoms with Crippen molar-refractivity contribution >= 4 is 5.82 Å². The number of anilines is 1. The van der Waals surface area contributed by atoms with Crippen LogP contribution in [0.1, 0.15) is 24.0 Å². The average Bonchev–Trinajstić information content (AvgIpc) is 3.07. The van der Waals surface area contributed by atoms with Gasteiger partial charge in [-0.1, -0.05) is 19.1 Å². The first kappa shape index (κ1) is 17.0. The van der Waals surface area contributed by atoms with Crippen LogP contribution < -0.4 is 5.73 Å². The van der Waals surface area contributed by atoms with Crippen LogP contribution in [-0.4, -0.2) is 24.9 Å². The van der Waals surface area contributed by atoms with Gasteiger partial charge in [-0.15, -0.1) is 0 Å². The highest BCUT2D eigenvalue weighted by Gasteiger charge is 2.40. The minimum absolute atomic E-state index is 0.0336. The molecular formula is C17H17F2N5O. The first-order valence-electron chi connectivity index (χ1n) is 7.62. The van der Waals surface area contributed by atoms with Gasteiger partial charge in [0.1, 0.15) is 35.7 Å². The number of hydrogen-bond donors (Lipinski definition) is 2. The largest absolute Gasteiger partial charge is 0.384 e. The van der Waals surface area contributed by atoms with E-state index in [0.29, 0.717) is 11.4 Å². The molecule has 3 aromatic rings. The molecule has 2 heterocycles. The number of nitrogens with zero attached hydrogens (tertiary/aromatic N) is 4. The summed E-state index contributed by atoms with van der Waals surface area (Å²) in [7, 11) is 0. The maximum Gasteiger partial charge on any atom is 0.137 e. The number of halogens is 2. The second-order valence-electron chi connectivity index (χ2n) is 5.88. The Morgan fingerprint density at radius 1 is 1.28 bits per heavy atom. The molecule has 25 heavy (non-hydrogen) atoms. The third kappa shape index (κ3) is 3.34. The zero-order valence-electron chi connectivity index (χ0n) is 13.5. The fraction of sp³-hybridized carbons (Fsp3) is 0.235. The Hall–Kier alpha value is -2.87. The van der Waals surface area contributed by atoms with E-state index in [1.807, 2.05) is 0 Å². The molecule has 0 aliphatic heterocycles. The fourth-order valence-corrected chi connectivity index (χ4v) is 2.81. The smallest absolute Gasteiger partial charge is 0.137 e. The Morgan fingerprint density at radius 3 is 2.68 bits per heavy atom. The molecule has 130 valence electrons. The van der Waals surface area contributed by atoms with Crippen LogP contribution in [-0.2, 0) is 12.1 Å². The van der Waals surface area contributed by atoms with Gasteiger partial charge < -0.3 is 10.8 Å². The van der Waals surface area contributed by atoms with Gasteiger partial charge in [-0.05, 0) is 17.7 Å². The third-order valence-corrected chi connectivity index (χ3v) is 4.29. The highest BCUT2D eigenvalue weighted by Crippen LogP contribution is 2.39. The minimum Gasteiger partial charge on any atom is -0.384 e. The van der Waals surface area contributed by atoms with Crippen molar-refractivity contribution < 1.29 is 13.9 Å². The molecule has 0 spiro atoms. The molecule has 0 fully saturated rings. The lowest BCUT2D eigenvalue weighted by Gasteiger charge is -2.35. The van der Waals surface area contributed by atoms with Crippen LogP contribution in [0.15, 0.2) is 49.2 Å². The molecule has 0 bridgehead atoms. The molecule has 2 unspecified atom stereocenters. The molecule has 6 nitrogen and oxygen atoms in total. The lowest BCUT2D eigenvalue weighted by Crippen LogP contribution is -2.38. The Kier molecular flexibility index (Phi) is 4.45. The van der Waals surface area contributed by atoms with Crippen LogP contribution in [0, 0.1) is 11.6 Å². The van der Waals surface area contributed by atoms with Gasteiger partial charge in [-0.2, -0.15) is 5.10 Å². The Balaban J connectivity index is 2.09. The van der Waals surface area contributed by atoms with E-state index in [0.717, 1.165) is 12.1 Å². The van der Waals surface area contributed by atoms with E-state index in [9.17, 15) is 13.9 Å². The summed E-state index contributed by atoms with van der Waals surface area (Å²) in [4.78, 5) is 7.86. The zero-order valence-corrected chi connectivity index (χ0v) is 13.5. The summed E-state index contributed by atoms with van der Waals surface area (Å²) in [5, 5.41) is 15.4. The molecule has 2 aromatic heterocycles. The molecule has 0 saturated carbocycles. The average molecular weight is 345 g/mol. The number of pyridine rings is 1. The molecule has 8 heteroatoms. The molecule has 0 radical (unpaired) electrons. The Bertz CT molecular complexity index is 854. The van der Waals surface area contributed by atoms with Crippen molar-refractivity contribution in [1.29, 1.82) is 0 Å². The zero-order chi connectivity index (χ0) is 18.0. The lowest BCUT2D eigenvalue weighted by molar-refractivity contribution is -0.0112. The monoisotopic (exact) mass is 345 g/mol.